The second-order valence-electron chi connectivity index (χ2n) is 9.31. The van der Waals surface area contributed by atoms with Gasteiger partial charge in [0.05, 0.1) is 29.0 Å². The third-order valence-corrected chi connectivity index (χ3v) is 6.88. The number of esters is 1. The molecule has 8 heteroatoms. The van der Waals surface area contributed by atoms with Crippen molar-refractivity contribution in [3.8, 4) is 17.1 Å². The molecular weight excluding hydrogens is 428 g/mol. The van der Waals surface area contributed by atoms with E-state index < -0.39 is 21.6 Å². The van der Waals surface area contributed by atoms with Crippen LogP contribution in [0.2, 0.25) is 0 Å². The molecule has 168 valence electrons. The van der Waals surface area contributed by atoms with Gasteiger partial charge in [0.15, 0.2) is 5.60 Å². The molecule has 3 aromatic rings. The first-order valence-corrected chi connectivity index (χ1v) is 13.5. The van der Waals surface area contributed by atoms with Crippen LogP contribution in [0, 0.1) is 0 Å². The first kappa shape index (κ1) is 21.0. The van der Waals surface area contributed by atoms with E-state index in [1.807, 2.05) is 24.3 Å². The van der Waals surface area contributed by atoms with Crippen molar-refractivity contribution in [3.63, 3.8) is 0 Å². The van der Waals surface area contributed by atoms with E-state index in [0.717, 1.165) is 22.2 Å². The molecule has 0 bridgehead atoms. The van der Waals surface area contributed by atoms with Crippen molar-refractivity contribution < 1.29 is 19.4 Å². The summed E-state index contributed by atoms with van der Waals surface area (Å²) in [7, 11) is -0.781. The Balaban J connectivity index is 1.61. The number of nitrogens with zero attached hydrogens (tertiary/aromatic N) is 2. The molecule has 4 heterocycles. The lowest BCUT2D eigenvalue weighted by Crippen LogP contribution is -2.44. The summed E-state index contributed by atoms with van der Waals surface area (Å²) >= 11 is 0. The summed E-state index contributed by atoms with van der Waals surface area (Å²) < 4.78 is 12.7. The number of hydrogen-bond acceptors (Lipinski definition) is 6. The fraction of sp³-hybridized carbons (Fsp3) is 0.375. The molecule has 1 N–H and O–H groups in total. The number of cyclic esters (lactones) is 1. The van der Waals surface area contributed by atoms with Gasteiger partial charge in [-0.1, -0.05) is 6.92 Å². The van der Waals surface area contributed by atoms with E-state index in [4.69, 9.17) is 14.5 Å². The third kappa shape index (κ3) is 3.20. The predicted octanol–water partition coefficient (Wildman–Crippen LogP) is 3.11. The standard InChI is InChI=1S/C24H26N2O5S/c1-5-24(29)18-10-20-21-15(11-26(20)22(27)17(18)12-30-23(24)28)8-14-9-16(6-7-19(14)25-21)31-13-32(2,3)4/h6-10,29H,5,11-13H2,1-4H3. The SMILES string of the molecule is CCC1(O)C(=O)OCc2c1cc1n(c2=O)Cc2cc3cc(OCS(C)(C)C)ccc3nc2-1. The van der Waals surface area contributed by atoms with E-state index in [1.165, 1.54) is 0 Å². The van der Waals surface area contributed by atoms with Gasteiger partial charge in [0.1, 0.15) is 18.3 Å². The lowest BCUT2D eigenvalue weighted by Gasteiger charge is -2.31. The maximum atomic E-state index is 13.2. The zero-order valence-corrected chi connectivity index (χ0v) is 19.4. The van der Waals surface area contributed by atoms with E-state index in [1.54, 1.807) is 17.6 Å². The first-order valence-electron chi connectivity index (χ1n) is 10.5. The van der Waals surface area contributed by atoms with Crippen LogP contribution in [0.1, 0.15) is 30.0 Å². The lowest BCUT2D eigenvalue weighted by atomic mass is 9.86. The minimum absolute atomic E-state index is 0.124. The first-order chi connectivity index (χ1) is 15.1. The van der Waals surface area contributed by atoms with Gasteiger partial charge in [-0.15, -0.1) is 0 Å². The van der Waals surface area contributed by atoms with Gasteiger partial charge in [-0.2, -0.15) is 0 Å². The van der Waals surface area contributed by atoms with Crippen LogP contribution >= 0.6 is 10.0 Å². The highest BCUT2D eigenvalue weighted by molar-refractivity contribution is 8.32. The van der Waals surface area contributed by atoms with Crippen LogP contribution in [0.5, 0.6) is 5.75 Å². The quantitative estimate of drug-likeness (QED) is 0.477. The normalized spacial score (nSPS) is 19.8. The number of hydrogen-bond donors (Lipinski definition) is 1. The number of pyridine rings is 2. The summed E-state index contributed by atoms with van der Waals surface area (Å²) in [4.78, 5) is 30.3. The molecule has 1 aromatic carbocycles. The van der Waals surface area contributed by atoms with Gasteiger partial charge in [-0.25, -0.2) is 19.8 Å². The molecule has 0 aliphatic carbocycles. The summed E-state index contributed by atoms with van der Waals surface area (Å²) in [5, 5.41) is 11.9. The van der Waals surface area contributed by atoms with Crippen LogP contribution < -0.4 is 10.3 Å². The minimum Gasteiger partial charge on any atom is -0.485 e. The largest absolute Gasteiger partial charge is 0.485 e. The molecule has 1 atom stereocenters. The molecule has 0 fully saturated rings. The van der Waals surface area contributed by atoms with Gasteiger partial charge in [-0.05, 0) is 55.5 Å². The zero-order chi connectivity index (χ0) is 22.8. The number of fused-ring (bicyclic) bond motifs is 5. The Morgan fingerprint density at radius 1 is 1.22 bits per heavy atom. The molecule has 32 heavy (non-hydrogen) atoms. The Bertz CT molecular complexity index is 1340. The molecule has 2 aromatic heterocycles. The summed E-state index contributed by atoms with van der Waals surface area (Å²) in [6.07, 6.45) is 6.73. The molecule has 0 saturated heterocycles. The highest BCUT2D eigenvalue weighted by atomic mass is 32.3. The van der Waals surface area contributed by atoms with Gasteiger partial charge in [0.2, 0.25) is 0 Å². The van der Waals surface area contributed by atoms with Gasteiger partial charge in [0, 0.05) is 16.5 Å². The van der Waals surface area contributed by atoms with Crippen molar-refractivity contribution in [1.82, 2.24) is 9.55 Å². The van der Waals surface area contributed by atoms with Gasteiger partial charge in [0.25, 0.3) is 5.56 Å². The molecule has 0 saturated carbocycles. The zero-order valence-electron chi connectivity index (χ0n) is 18.6. The van der Waals surface area contributed by atoms with Crippen molar-refractivity contribution in [2.24, 2.45) is 0 Å². The lowest BCUT2D eigenvalue weighted by molar-refractivity contribution is -0.172. The molecule has 5 rings (SSSR count). The average Bonchev–Trinajstić information content (AvgIpc) is 3.11. The molecule has 0 spiro atoms. The molecular formula is C24H26N2O5S. The van der Waals surface area contributed by atoms with Crippen LogP contribution in [0.25, 0.3) is 22.3 Å². The number of benzene rings is 1. The highest BCUT2D eigenvalue weighted by Gasteiger charge is 2.45. The topological polar surface area (TPSA) is 90.7 Å². The van der Waals surface area contributed by atoms with Crippen LogP contribution in [0.3, 0.4) is 0 Å². The maximum Gasteiger partial charge on any atom is 0.343 e. The smallest absolute Gasteiger partial charge is 0.343 e. The van der Waals surface area contributed by atoms with E-state index in [-0.39, 0.29) is 18.6 Å². The van der Waals surface area contributed by atoms with E-state index in [0.29, 0.717) is 35.0 Å². The highest BCUT2D eigenvalue weighted by Crippen LogP contribution is 2.39. The number of carbonyl (C=O) groups excluding carboxylic acids is 1. The van der Waals surface area contributed by atoms with Crippen molar-refractivity contribution in [3.05, 3.63) is 57.4 Å². The Hall–Kier alpha value is -2.84. The second-order valence-corrected chi connectivity index (χ2v) is 13.7. The summed E-state index contributed by atoms with van der Waals surface area (Å²) in [5.74, 6) is 0.768. The Kier molecular flexibility index (Phi) is 4.65. The summed E-state index contributed by atoms with van der Waals surface area (Å²) in [6, 6.07) is 9.57. The fourth-order valence-corrected chi connectivity index (χ4v) is 4.79. The predicted molar refractivity (Wildman–Crippen MR) is 125 cm³/mol. The van der Waals surface area contributed by atoms with Crippen molar-refractivity contribution in [1.29, 1.82) is 0 Å². The van der Waals surface area contributed by atoms with E-state index in [2.05, 4.69) is 18.8 Å². The van der Waals surface area contributed by atoms with Crippen LogP contribution in [-0.2, 0) is 28.3 Å². The number of aromatic nitrogens is 2. The monoisotopic (exact) mass is 454 g/mol. The van der Waals surface area contributed by atoms with Gasteiger partial charge < -0.3 is 19.1 Å². The minimum atomic E-state index is -1.82. The molecule has 0 amide bonds. The number of rotatable bonds is 4. The van der Waals surface area contributed by atoms with E-state index in [9.17, 15) is 14.7 Å². The number of ether oxygens (including phenoxy) is 2. The molecule has 0 radical (unpaired) electrons. The van der Waals surface area contributed by atoms with Crippen molar-refractivity contribution >= 4 is 26.9 Å². The molecule has 2 aliphatic rings. The Morgan fingerprint density at radius 3 is 2.72 bits per heavy atom. The van der Waals surface area contributed by atoms with Crippen LogP contribution in [-0.4, -0.2) is 45.3 Å². The maximum absolute atomic E-state index is 13.2. The van der Waals surface area contributed by atoms with Crippen LogP contribution in [0.4, 0.5) is 0 Å². The van der Waals surface area contributed by atoms with Crippen molar-refractivity contribution in [2.75, 3.05) is 24.7 Å². The molecule has 1 unspecified atom stereocenters. The van der Waals surface area contributed by atoms with Gasteiger partial charge >= 0.3 is 5.97 Å². The van der Waals surface area contributed by atoms with Crippen molar-refractivity contribution in [2.45, 2.75) is 32.1 Å². The number of aliphatic hydroxyl groups is 1. The second kappa shape index (κ2) is 7.08. The molecule has 7 nitrogen and oxygen atoms in total. The number of carbonyl (C=O) groups is 1. The summed E-state index contributed by atoms with van der Waals surface area (Å²) in [6.45, 7) is 1.95. The van der Waals surface area contributed by atoms with E-state index >= 15 is 0 Å². The van der Waals surface area contributed by atoms with Crippen LogP contribution in [0.15, 0.2) is 35.1 Å². The summed E-state index contributed by atoms with van der Waals surface area (Å²) in [5.41, 5.74) is 1.61. The molecule has 2 aliphatic heterocycles. The fourth-order valence-electron chi connectivity index (χ4n) is 4.30. The Morgan fingerprint density at radius 2 is 2.00 bits per heavy atom. The Labute approximate surface area is 187 Å². The average molecular weight is 455 g/mol. The van der Waals surface area contributed by atoms with Gasteiger partial charge in [-0.3, -0.25) is 4.79 Å². The third-order valence-electron chi connectivity index (χ3n) is 6.06.